The molecule has 0 saturated carbocycles. The number of amides is 1. The Kier molecular flexibility index (Phi) is 5.52. The summed E-state index contributed by atoms with van der Waals surface area (Å²) in [7, 11) is 0. The lowest BCUT2D eigenvalue weighted by Gasteiger charge is -2.07. The average Bonchev–Trinajstić information content (AvgIpc) is 2.71. The number of carbonyl (C=O) groups is 2. The molecule has 0 bridgehead atoms. The highest BCUT2D eigenvalue weighted by Gasteiger charge is 2.10. The molecule has 5 heteroatoms. The van der Waals surface area contributed by atoms with Gasteiger partial charge in [-0.2, -0.15) is 0 Å². The fourth-order valence-electron chi connectivity index (χ4n) is 2.68. The zero-order chi connectivity index (χ0) is 19.2. The van der Waals surface area contributed by atoms with E-state index in [1.165, 1.54) is 12.1 Å². The van der Waals surface area contributed by atoms with Gasteiger partial charge in [0.25, 0.3) is 5.91 Å². The van der Waals surface area contributed by atoms with E-state index in [-0.39, 0.29) is 23.2 Å². The van der Waals surface area contributed by atoms with Crippen LogP contribution in [-0.4, -0.2) is 28.4 Å². The predicted octanol–water partition coefficient (Wildman–Crippen LogP) is 3.30. The van der Waals surface area contributed by atoms with Crippen LogP contribution in [0.25, 0.3) is 0 Å². The van der Waals surface area contributed by atoms with Gasteiger partial charge in [0.2, 0.25) is 0 Å². The van der Waals surface area contributed by atoms with Crippen LogP contribution in [-0.2, 0) is 6.42 Å². The molecule has 0 atom stereocenters. The van der Waals surface area contributed by atoms with Gasteiger partial charge in [-0.15, -0.1) is 0 Å². The molecule has 27 heavy (non-hydrogen) atoms. The topological polar surface area (TPSA) is 86.6 Å². The minimum absolute atomic E-state index is 0.0882. The zero-order valence-corrected chi connectivity index (χ0v) is 14.6. The van der Waals surface area contributed by atoms with Gasteiger partial charge in [-0.05, 0) is 36.2 Å². The second kappa shape index (κ2) is 8.19. The fraction of sp³-hybridized carbons (Fsp3) is 0.0909. The van der Waals surface area contributed by atoms with Crippen molar-refractivity contribution >= 4 is 11.7 Å². The smallest absolute Gasteiger partial charge is 0.251 e. The molecule has 0 aliphatic rings. The zero-order valence-electron chi connectivity index (χ0n) is 14.6. The van der Waals surface area contributed by atoms with Crippen molar-refractivity contribution in [3.63, 3.8) is 0 Å². The van der Waals surface area contributed by atoms with E-state index in [4.69, 9.17) is 0 Å². The molecular weight excluding hydrogens is 342 g/mol. The van der Waals surface area contributed by atoms with Crippen LogP contribution in [0.1, 0.15) is 31.8 Å². The van der Waals surface area contributed by atoms with Gasteiger partial charge in [0.1, 0.15) is 0 Å². The summed E-state index contributed by atoms with van der Waals surface area (Å²) in [5, 5.41) is 21.6. The van der Waals surface area contributed by atoms with E-state index in [1.54, 1.807) is 42.5 Å². The SMILES string of the molecule is O=C(NCCc1ccc(O)c(O)c1)c1ccc(C(=O)c2ccccc2)cc1. The highest BCUT2D eigenvalue weighted by Crippen LogP contribution is 2.24. The number of hydrogen-bond donors (Lipinski definition) is 3. The second-order valence-corrected chi connectivity index (χ2v) is 6.10. The number of ketones is 1. The number of carbonyl (C=O) groups excluding carboxylic acids is 2. The van der Waals surface area contributed by atoms with Gasteiger partial charge >= 0.3 is 0 Å². The molecule has 3 N–H and O–H groups in total. The van der Waals surface area contributed by atoms with Crippen LogP contribution in [0.2, 0.25) is 0 Å². The molecule has 0 heterocycles. The first-order valence-electron chi connectivity index (χ1n) is 8.53. The highest BCUT2D eigenvalue weighted by atomic mass is 16.3. The fourth-order valence-corrected chi connectivity index (χ4v) is 2.68. The lowest BCUT2D eigenvalue weighted by atomic mass is 10.0. The van der Waals surface area contributed by atoms with E-state index >= 15 is 0 Å². The van der Waals surface area contributed by atoms with Crippen LogP contribution in [0.15, 0.2) is 72.8 Å². The van der Waals surface area contributed by atoms with Crippen molar-refractivity contribution < 1.29 is 19.8 Å². The normalized spacial score (nSPS) is 10.4. The molecule has 0 spiro atoms. The van der Waals surface area contributed by atoms with E-state index < -0.39 is 0 Å². The maximum atomic E-state index is 12.4. The Morgan fingerprint density at radius 1 is 0.741 bits per heavy atom. The Morgan fingerprint density at radius 2 is 1.37 bits per heavy atom. The van der Waals surface area contributed by atoms with Gasteiger partial charge in [-0.1, -0.05) is 48.5 Å². The van der Waals surface area contributed by atoms with Gasteiger partial charge in [-0.25, -0.2) is 0 Å². The number of benzene rings is 3. The van der Waals surface area contributed by atoms with Gasteiger partial charge in [-0.3, -0.25) is 9.59 Å². The molecule has 0 aromatic heterocycles. The highest BCUT2D eigenvalue weighted by molar-refractivity contribution is 6.09. The summed E-state index contributed by atoms with van der Waals surface area (Å²) >= 11 is 0. The molecule has 3 rings (SSSR count). The Labute approximate surface area is 156 Å². The lowest BCUT2D eigenvalue weighted by molar-refractivity contribution is 0.0952. The summed E-state index contributed by atoms with van der Waals surface area (Å²) < 4.78 is 0. The van der Waals surface area contributed by atoms with Gasteiger partial charge in [0.15, 0.2) is 17.3 Å². The van der Waals surface area contributed by atoms with E-state index in [2.05, 4.69) is 5.32 Å². The quantitative estimate of drug-likeness (QED) is 0.464. The number of nitrogens with one attached hydrogen (secondary N) is 1. The molecule has 0 aliphatic carbocycles. The van der Waals surface area contributed by atoms with Gasteiger partial charge in [0, 0.05) is 23.2 Å². The standard InChI is InChI=1S/C22H19NO4/c24-19-11-6-15(14-20(19)25)12-13-23-22(27)18-9-7-17(8-10-18)21(26)16-4-2-1-3-5-16/h1-11,14,24-25H,12-13H2,(H,23,27). The first-order chi connectivity index (χ1) is 13.0. The van der Waals surface area contributed by atoms with Gasteiger partial charge in [0.05, 0.1) is 0 Å². The van der Waals surface area contributed by atoms with E-state index in [0.29, 0.717) is 29.7 Å². The number of phenolic OH excluding ortho intramolecular Hbond substituents is 2. The average molecular weight is 361 g/mol. The minimum Gasteiger partial charge on any atom is -0.504 e. The number of hydrogen-bond acceptors (Lipinski definition) is 4. The monoisotopic (exact) mass is 361 g/mol. The first kappa shape index (κ1) is 18.2. The van der Waals surface area contributed by atoms with Crippen LogP contribution >= 0.6 is 0 Å². The minimum atomic E-state index is -0.239. The summed E-state index contributed by atoms with van der Waals surface area (Å²) in [5.74, 6) is -0.683. The number of aromatic hydroxyl groups is 2. The maximum absolute atomic E-state index is 12.4. The third-order valence-corrected chi connectivity index (χ3v) is 4.18. The summed E-state index contributed by atoms with van der Waals surface area (Å²) in [6.45, 7) is 0.383. The van der Waals surface area contributed by atoms with Crippen LogP contribution in [0.4, 0.5) is 0 Å². The van der Waals surface area contributed by atoms with Crippen LogP contribution in [0.5, 0.6) is 11.5 Å². The summed E-state index contributed by atoms with van der Waals surface area (Å²) in [6.07, 6.45) is 0.518. The Morgan fingerprint density at radius 3 is 2.04 bits per heavy atom. The summed E-state index contributed by atoms with van der Waals surface area (Å²) in [5.41, 5.74) is 2.40. The Balaban J connectivity index is 1.57. The Bertz CT molecular complexity index is 950. The predicted molar refractivity (Wildman–Crippen MR) is 102 cm³/mol. The molecule has 1 amide bonds. The number of rotatable bonds is 6. The molecule has 136 valence electrons. The molecular formula is C22H19NO4. The molecule has 0 radical (unpaired) electrons. The summed E-state index contributed by atoms with van der Waals surface area (Å²) in [4.78, 5) is 24.6. The largest absolute Gasteiger partial charge is 0.504 e. The van der Waals surface area contributed by atoms with Crippen LogP contribution < -0.4 is 5.32 Å². The van der Waals surface area contributed by atoms with E-state index in [0.717, 1.165) is 5.56 Å². The van der Waals surface area contributed by atoms with Gasteiger partial charge < -0.3 is 15.5 Å². The van der Waals surface area contributed by atoms with Crippen molar-refractivity contribution in [1.82, 2.24) is 5.32 Å². The Hall–Kier alpha value is -3.60. The van der Waals surface area contributed by atoms with Crippen molar-refractivity contribution in [2.75, 3.05) is 6.54 Å². The number of phenols is 2. The molecule has 5 nitrogen and oxygen atoms in total. The van der Waals surface area contributed by atoms with Crippen molar-refractivity contribution in [1.29, 1.82) is 0 Å². The van der Waals surface area contributed by atoms with Crippen molar-refractivity contribution in [3.8, 4) is 11.5 Å². The van der Waals surface area contributed by atoms with Crippen LogP contribution in [0.3, 0.4) is 0 Å². The second-order valence-electron chi connectivity index (χ2n) is 6.10. The van der Waals surface area contributed by atoms with Crippen molar-refractivity contribution in [2.24, 2.45) is 0 Å². The van der Waals surface area contributed by atoms with Crippen molar-refractivity contribution in [2.45, 2.75) is 6.42 Å². The molecule has 3 aromatic rings. The molecule has 3 aromatic carbocycles. The molecule has 0 saturated heterocycles. The van der Waals surface area contributed by atoms with Crippen LogP contribution in [0, 0.1) is 0 Å². The van der Waals surface area contributed by atoms with E-state index in [1.807, 2.05) is 18.2 Å². The lowest BCUT2D eigenvalue weighted by Crippen LogP contribution is -2.25. The molecule has 0 aliphatic heterocycles. The molecule has 0 unspecified atom stereocenters. The van der Waals surface area contributed by atoms with E-state index in [9.17, 15) is 19.8 Å². The third kappa shape index (κ3) is 4.52. The molecule has 0 fully saturated rings. The van der Waals surface area contributed by atoms with Crippen molar-refractivity contribution in [3.05, 3.63) is 95.1 Å². The maximum Gasteiger partial charge on any atom is 0.251 e. The summed E-state index contributed by atoms with van der Waals surface area (Å²) in [6, 6.07) is 20.1. The first-order valence-corrected chi connectivity index (χ1v) is 8.53. The third-order valence-electron chi connectivity index (χ3n) is 4.18.